The van der Waals surface area contributed by atoms with Crippen molar-refractivity contribution in [1.29, 1.82) is 0 Å². The Balaban J connectivity index is 1.11. The summed E-state index contributed by atoms with van der Waals surface area (Å²) in [4.78, 5) is 10.9. The maximum atomic E-state index is 6.26. The molecule has 0 atom stereocenters. The highest BCUT2D eigenvalue weighted by Crippen LogP contribution is 2.61. The van der Waals surface area contributed by atoms with E-state index < -0.39 is 5.41 Å². The first-order valence-electron chi connectivity index (χ1n) is 21.2. The number of furan rings is 1. The molecule has 0 fully saturated rings. The van der Waals surface area contributed by atoms with Crippen molar-refractivity contribution in [3.8, 4) is 78.4 Å². The van der Waals surface area contributed by atoms with Crippen LogP contribution in [0.15, 0.2) is 223 Å². The predicted octanol–water partition coefficient (Wildman–Crippen LogP) is 15.1. The Bertz CT molecular complexity index is 3550. The summed E-state index contributed by atoms with van der Waals surface area (Å²) in [6.07, 6.45) is 0. The number of fused-ring (bicyclic) bond motifs is 15. The topological polar surface area (TPSA) is 38.9 Å². The zero-order chi connectivity index (χ0) is 40.8. The van der Waals surface area contributed by atoms with E-state index in [9.17, 15) is 0 Å². The van der Waals surface area contributed by atoms with Gasteiger partial charge in [-0.25, -0.2) is 9.97 Å². The molecule has 3 nitrogen and oxygen atoms in total. The fourth-order valence-electron chi connectivity index (χ4n) is 10.5. The summed E-state index contributed by atoms with van der Waals surface area (Å²) >= 11 is 0. The Labute approximate surface area is 359 Å². The molecule has 13 rings (SSSR count). The third kappa shape index (κ3) is 5.00. The summed E-state index contributed by atoms with van der Waals surface area (Å²) in [6, 6.07) is 78.8. The van der Waals surface area contributed by atoms with E-state index in [4.69, 9.17) is 14.4 Å². The highest BCUT2D eigenvalue weighted by molar-refractivity contribution is 6.06. The second-order valence-electron chi connectivity index (χ2n) is 16.4. The van der Waals surface area contributed by atoms with Gasteiger partial charge < -0.3 is 4.42 Å². The monoisotopic (exact) mass is 788 g/mol. The van der Waals surface area contributed by atoms with Gasteiger partial charge >= 0.3 is 0 Å². The molecule has 0 amide bonds. The van der Waals surface area contributed by atoms with Crippen molar-refractivity contribution in [1.82, 2.24) is 9.97 Å². The molecule has 9 aromatic carbocycles. The van der Waals surface area contributed by atoms with Crippen molar-refractivity contribution in [2.24, 2.45) is 0 Å². The lowest BCUT2D eigenvalue weighted by molar-refractivity contribution is 0.669. The molecule has 0 saturated heterocycles. The van der Waals surface area contributed by atoms with Crippen LogP contribution in [0.25, 0.3) is 100 Å². The van der Waals surface area contributed by atoms with E-state index in [0.29, 0.717) is 5.82 Å². The van der Waals surface area contributed by atoms with Crippen LogP contribution in [-0.4, -0.2) is 9.97 Å². The molecule has 3 heteroatoms. The van der Waals surface area contributed by atoms with E-state index in [1.807, 2.05) is 18.2 Å². The standard InChI is InChI=1S/C59H36N2O/c1-2-16-37(17-3-1)40-18-4-7-24-47(40)55-36-54(60-58(61-55)39-31-33-57-49(34-39)48-25-11-15-29-56(48)62-57)38-30-32-46-42-20-6-5-19-41(42)43-21-8-12-26-50(43)59(53(46)35-38)51-27-13-9-22-44(51)45-23-10-14-28-52(45)59/h1-36H. The van der Waals surface area contributed by atoms with Crippen LogP contribution < -0.4 is 0 Å². The fourth-order valence-corrected chi connectivity index (χ4v) is 10.5. The highest BCUT2D eigenvalue weighted by Gasteiger charge is 2.49. The lowest BCUT2D eigenvalue weighted by Crippen LogP contribution is -2.29. The van der Waals surface area contributed by atoms with E-state index in [1.54, 1.807) is 0 Å². The van der Waals surface area contributed by atoms with E-state index >= 15 is 0 Å². The SMILES string of the molecule is c1ccc(-c2ccccc2-c2cc(-c3ccc4c(c3)C3(c5ccccc5-c5ccccc5-4)c4ccccc4-c4ccccc43)nc(-c3ccc4oc5ccccc5c4c3)n2)cc1. The van der Waals surface area contributed by atoms with Crippen molar-refractivity contribution in [2.45, 2.75) is 5.41 Å². The van der Waals surface area contributed by atoms with Gasteiger partial charge in [-0.2, -0.15) is 0 Å². The lowest BCUT2D eigenvalue weighted by atomic mass is 9.65. The normalized spacial score (nSPS) is 13.0. The Morgan fingerprint density at radius 2 is 0.790 bits per heavy atom. The van der Waals surface area contributed by atoms with E-state index in [2.05, 4.69) is 200 Å². The zero-order valence-corrected chi connectivity index (χ0v) is 33.6. The Hall–Kier alpha value is -8.14. The first kappa shape index (κ1) is 34.7. The summed E-state index contributed by atoms with van der Waals surface area (Å²) in [5, 5.41) is 2.12. The van der Waals surface area contributed by atoms with Gasteiger partial charge in [-0.3, -0.25) is 0 Å². The minimum absolute atomic E-state index is 0.597. The minimum atomic E-state index is -0.597. The molecule has 2 aromatic heterocycles. The van der Waals surface area contributed by atoms with Crippen molar-refractivity contribution in [3.63, 3.8) is 0 Å². The molecule has 2 aliphatic carbocycles. The third-order valence-electron chi connectivity index (χ3n) is 13.2. The summed E-state index contributed by atoms with van der Waals surface area (Å²) < 4.78 is 6.26. The van der Waals surface area contributed by atoms with Crippen molar-refractivity contribution in [2.75, 3.05) is 0 Å². The van der Waals surface area contributed by atoms with Gasteiger partial charge in [0.25, 0.3) is 0 Å². The van der Waals surface area contributed by atoms with Crippen LogP contribution in [0.3, 0.4) is 0 Å². The third-order valence-corrected chi connectivity index (χ3v) is 13.2. The van der Waals surface area contributed by atoms with Crippen LogP contribution in [0, 0.1) is 0 Å². The Morgan fingerprint density at radius 1 is 0.290 bits per heavy atom. The van der Waals surface area contributed by atoms with Gasteiger partial charge in [-0.05, 0) is 103 Å². The summed E-state index contributed by atoms with van der Waals surface area (Å²) in [5.41, 5.74) is 20.7. The largest absolute Gasteiger partial charge is 0.456 e. The van der Waals surface area contributed by atoms with Gasteiger partial charge in [0, 0.05) is 27.5 Å². The average Bonchev–Trinajstić information content (AvgIpc) is 3.84. The van der Waals surface area contributed by atoms with Gasteiger partial charge in [0.2, 0.25) is 0 Å². The summed E-state index contributed by atoms with van der Waals surface area (Å²) in [7, 11) is 0. The lowest BCUT2D eigenvalue weighted by Gasteiger charge is -2.35. The first-order valence-corrected chi connectivity index (χ1v) is 21.2. The Kier molecular flexibility index (Phi) is 7.52. The number of aromatic nitrogens is 2. The molecule has 11 aromatic rings. The van der Waals surface area contributed by atoms with Crippen LogP contribution >= 0.6 is 0 Å². The quantitative estimate of drug-likeness (QED) is 0.178. The van der Waals surface area contributed by atoms with E-state index in [-0.39, 0.29) is 0 Å². The summed E-state index contributed by atoms with van der Waals surface area (Å²) in [6.45, 7) is 0. The van der Waals surface area contributed by atoms with Gasteiger partial charge in [-0.15, -0.1) is 0 Å². The van der Waals surface area contributed by atoms with Crippen LogP contribution in [-0.2, 0) is 5.41 Å². The maximum absolute atomic E-state index is 6.26. The Morgan fingerprint density at radius 3 is 1.48 bits per heavy atom. The molecule has 2 aliphatic rings. The minimum Gasteiger partial charge on any atom is -0.456 e. The summed E-state index contributed by atoms with van der Waals surface area (Å²) in [5.74, 6) is 0.657. The van der Waals surface area contributed by atoms with Crippen LogP contribution in [0.1, 0.15) is 22.3 Å². The average molecular weight is 789 g/mol. The van der Waals surface area contributed by atoms with Crippen LogP contribution in [0.5, 0.6) is 0 Å². The molecule has 288 valence electrons. The second-order valence-corrected chi connectivity index (χ2v) is 16.4. The van der Waals surface area contributed by atoms with Gasteiger partial charge in [0.15, 0.2) is 5.82 Å². The zero-order valence-electron chi connectivity index (χ0n) is 33.6. The van der Waals surface area contributed by atoms with E-state index in [0.717, 1.165) is 61.1 Å². The van der Waals surface area contributed by atoms with Crippen molar-refractivity contribution >= 4 is 21.9 Å². The van der Waals surface area contributed by atoms with Crippen LogP contribution in [0.2, 0.25) is 0 Å². The predicted molar refractivity (Wildman–Crippen MR) is 253 cm³/mol. The number of nitrogens with zero attached hydrogens (tertiary/aromatic N) is 2. The van der Waals surface area contributed by atoms with Crippen LogP contribution in [0.4, 0.5) is 0 Å². The molecule has 0 aliphatic heterocycles. The fraction of sp³-hybridized carbons (Fsp3) is 0.0169. The number of hydrogen-bond acceptors (Lipinski definition) is 3. The molecule has 62 heavy (non-hydrogen) atoms. The van der Waals surface area contributed by atoms with Gasteiger partial charge in [0.05, 0.1) is 16.8 Å². The number of para-hydroxylation sites is 1. The van der Waals surface area contributed by atoms with Crippen molar-refractivity contribution in [3.05, 3.63) is 241 Å². The molecule has 1 spiro atoms. The van der Waals surface area contributed by atoms with Crippen molar-refractivity contribution < 1.29 is 4.42 Å². The maximum Gasteiger partial charge on any atom is 0.160 e. The molecule has 2 heterocycles. The second kappa shape index (κ2) is 13.4. The number of hydrogen-bond donors (Lipinski definition) is 0. The number of rotatable bonds is 4. The molecular weight excluding hydrogens is 753 g/mol. The smallest absolute Gasteiger partial charge is 0.160 e. The van der Waals surface area contributed by atoms with Gasteiger partial charge in [-0.1, -0.05) is 182 Å². The molecule has 0 radical (unpaired) electrons. The highest BCUT2D eigenvalue weighted by atomic mass is 16.3. The molecular formula is C59H36N2O. The van der Waals surface area contributed by atoms with Gasteiger partial charge in [0.1, 0.15) is 11.2 Å². The number of benzene rings is 9. The molecule has 0 bridgehead atoms. The first-order chi connectivity index (χ1) is 30.7. The molecule has 0 unspecified atom stereocenters. The molecule has 0 N–H and O–H groups in total. The van der Waals surface area contributed by atoms with E-state index in [1.165, 1.54) is 55.6 Å². The molecule has 0 saturated carbocycles.